The summed E-state index contributed by atoms with van der Waals surface area (Å²) in [4.78, 5) is 8.39. The molecule has 0 saturated carbocycles. The first kappa shape index (κ1) is 21.2. The van der Waals surface area contributed by atoms with Crippen LogP contribution in [-0.4, -0.2) is 33.6 Å². The Kier molecular flexibility index (Phi) is 5.60. The summed E-state index contributed by atoms with van der Waals surface area (Å²) in [5, 5.41) is 0. The zero-order valence-corrected chi connectivity index (χ0v) is 18.3. The van der Waals surface area contributed by atoms with Crippen molar-refractivity contribution in [3.63, 3.8) is 0 Å². The Morgan fingerprint density at radius 1 is 1.00 bits per heavy atom. The molecule has 0 N–H and O–H groups in total. The summed E-state index contributed by atoms with van der Waals surface area (Å²) in [6.07, 6.45) is -0.428. The number of nitrogens with zero attached hydrogens (tertiary/aromatic N) is 4. The first-order valence-electron chi connectivity index (χ1n) is 10.9. The normalized spacial score (nSPS) is 20.5. The standard InChI is InChI=1S/C23H31F3N4/c1-15-12-16(2)20(17(3)13-15)30-11-7-10-29-19(14-28-9-6-5-8-18(28)4)21(23(24,25)26)27-22(29)30/h12-13,18H,5-11,14H2,1-4H3. The second kappa shape index (κ2) is 7.91. The Morgan fingerprint density at radius 2 is 1.70 bits per heavy atom. The molecule has 0 bridgehead atoms. The lowest BCUT2D eigenvalue weighted by atomic mass is 10.0. The van der Waals surface area contributed by atoms with E-state index in [9.17, 15) is 13.2 Å². The van der Waals surface area contributed by atoms with Gasteiger partial charge in [-0.2, -0.15) is 13.2 Å². The number of hydrogen-bond donors (Lipinski definition) is 0. The van der Waals surface area contributed by atoms with Crippen LogP contribution in [-0.2, 0) is 19.3 Å². The molecule has 2 aliphatic rings. The van der Waals surface area contributed by atoms with Crippen molar-refractivity contribution in [2.24, 2.45) is 0 Å². The fourth-order valence-corrected chi connectivity index (χ4v) is 5.18. The predicted molar refractivity (Wildman–Crippen MR) is 113 cm³/mol. The molecule has 1 saturated heterocycles. The molecule has 1 atom stereocenters. The van der Waals surface area contributed by atoms with E-state index < -0.39 is 11.9 Å². The van der Waals surface area contributed by atoms with Crippen LogP contribution in [0.4, 0.5) is 24.8 Å². The van der Waals surface area contributed by atoms with E-state index in [0.717, 1.165) is 54.6 Å². The third kappa shape index (κ3) is 3.84. The van der Waals surface area contributed by atoms with Crippen LogP contribution in [0.25, 0.3) is 0 Å². The fourth-order valence-electron chi connectivity index (χ4n) is 5.18. The van der Waals surface area contributed by atoms with Gasteiger partial charge in [0, 0.05) is 31.4 Å². The molecule has 164 valence electrons. The lowest BCUT2D eigenvalue weighted by molar-refractivity contribution is -0.142. The summed E-state index contributed by atoms with van der Waals surface area (Å²) in [6, 6.07) is 4.48. The smallest absolute Gasteiger partial charge is 0.312 e. The van der Waals surface area contributed by atoms with Gasteiger partial charge in [-0.25, -0.2) is 4.98 Å². The molecule has 1 aromatic heterocycles. The monoisotopic (exact) mass is 420 g/mol. The van der Waals surface area contributed by atoms with Crippen molar-refractivity contribution in [3.05, 3.63) is 40.2 Å². The van der Waals surface area contributed by atoms with Gasteiger partial charge < -0.3 is 9.47 Å². The highest BCUT2D eigenvalue weighted by atomic mass is 19.4. The third-order valence-corrected chi connectivity index (χ3v) is 6.52. The van der Waals surface area contributed by atoms with Gasteiger partial charge in [-0.05, 0) is 64.6 Å². The van der Waals surface area contributed by atoms with Crippen LogP contribution in [0.5, 0.6) is 0 Å². The number of likely N-dealkylation sites (tertiary alicyclic amines) is 1. The summed E-state index contributed by atoms with van der Waals surface area (Å²) < 4.78 is 43.9. The van der Waals surface area contributed by atoms with Gasteiger partial charge in [-0.3, -0.25) is 4.90 Å². The number of piperidine rings is 1. The molecule has 0 radical (unpaired) electrons. The highest BCUT2D eigenvalue weighted by Crippen LogP contribution is 2.40. The van der Waals surface area contributed by atoms with Crippen LogP contribution in [0, 0.1) is 20.8 Å². The Bertz CT molecular complexity index is 908. The molecule has 4 nitrogen and oxygen atoms in total. The maximum atomic E-state index is 14.0. The summed E-state index contributed by atoms with van der Waals surface area (Å²) in [5.41, 5.74) is 3.89. The lowest BCUT2D eigenvalue weighted by Crippen LogP contribution is -2.38. The van der Waals surface area contributed by atoms with E-state index in [1.807, 2.05) is 30.2 Å². The first-order valence-corrected chi connectivity index (χ1v) is 10.9. The minimum atomic E-state index is -4.46. The SMILES string of the molecule is Cc1cc(C)c(N2CCCn3c2nc(C(F)(F)F)c3CN2CCCCC2C)c(C)c1. The summed E-state index contributed by atoms with van der Waals surface area (Å²) in [6.45, 7) is 10.6. The quantitative estimate of drug-likeness (QED) is 0.633. The van der Waals surface area contributed by atoms with E-state index in [-0.39, 0.29) is 0 Å². The van der Waals surface area contributed by atoms with E-state index in [1.54, 1.807) is 0 Å². The largest absolute Gasteiger partial charge is 0.435 e. The maximum absolute atomic E-state index is 14.0. The third-order valence-electron chi connectivity index (χ3n) is 6.52. The number of benzene rings is 1. The number of fused-ring (bicyclic) bond motifs is 1. The van der Waals surface area contributed by atoms with E-state index in [1.165, 1.54) is 0 Å². The van der Waals surface area contributed by atoms with Crippen molar-refractivity contribution in [1.29, 1.82) is 0 Å². The van der Waals surface area contributed by atoms with Gasteiger partial charge in [0.05, 0.1) is 5.69 Å². The molecule has 1 aromatic carbocycles. The highest BCUT2D eigenvalue weighted by molar-refractivity contribution is 5.68. The Balaban J connectivity index is 1.80. The van der Waals surface area contributed by atoms with Crippen LogP contribution in [0.3, 0.4) is 0 Å². The van der Waals surface area contributed by atoms with Gasteiger partial charge in [-0.15, -0.1) is 0 Å². The van der Waals surface area contributed by atoms with Gasteiger partial charge in [0.15, 0.2) is 5.69 Å². The number of aromatic nitrogens is 2. The van der Waals surface area contributed by atoms with Crippen LogP contribution in [0.2, 0.25) is 0 Å². The second-order valence-electron chi connectivity index (χ2n) is 8.92. The summed E-state index contributed by atoms with van der Waals surface area (Å²) in [5.74, 6) is 0.434. The highest BCUT2D eigenvalue weighted by Gasteiger charge is 2.41. The van der Waals surface area contributed by atoms with Crippen LogP contribution >= 0.6 is 0 Å². The van der Waals surface area contributed by atoms with E-state index >= 15 is 0 Å². The average molecular weight is 421 g/mol. The molecular weight excluding hydrogens is 389 g/mol. The van der Waals surface area contributed by atoms with Gasteiger partial charge in [0.2, 0.25) is 5.95 Å². The predicted octanol–water partition coefficient (Wildman–Crippen LogP) is 5.74. The van der Waals surface area contributed by atoms with Crippen molar-refractivity contribution in [3.8, 4) is 0 Å². The number of imidazole rings is 1. The van der Waals surface area contributed by atoms with Crippen molar-refractivity contribution in [2.45, 2.75) is 78.7 Å². The lowest BCUT2D eigenvalue weighted by Gasteiger charge is -2.35. The van der Waals surface area contributed by atoms with E-state index in [2.05, 4.69) is 28.9 Å². The Hall–Kier alpha value is -2.02. The van der Waals surface area contributed by atoms with Gasteiger partial charge in [0.1, 0.15) is 0 Å². The molecule has 0 amide bonds. The number of halogens is 3. The Morgan fingerprint density at radius 3 is 2.33 bits per heavy atom. The minimum absolute atomic E-state index is 0.298. The zero-order chi connectivity index (χ0) is 21.6. The zero-order valence-electron chi connectivity index (χ0n) is 18.3. The Labute approximate surface area is 176 Å². The molecule has 30 heavy (non-hydrogen) atoms. The number of rotatable bonds is 3. The summed E-state index contributed by atoms with van der Waals surface area (Å²) >= 11 is 0. The minimum Gasteiger partial charge on any atom is -0.312 e. The molecule has 1 unspecified atom stereocenters. The molecule has 0 spiro atoms. The average Bonchev–Trinajstić information content (AvgIpc) is 3.03. The van der Waals surface area contributed by atoms with Gasteiger partial charge in [-0.1, -0.05) is 24.1 Å². The van der Waals surface area contributed by atoms with Crippen LogP contribution < -0.4 is 4.90 Å². The van der Waals surface area contributed by atoms with Crippen molar-refractivity contribution >= 4 is 11.6 Å². The first-order chi connectivity index (χ1) is 14.2. The number of hydrogen-bond acceptors (Lipinski definition) is 3. The van der Waals surface area contributed by atoms with Crippen LogP contribution in [0.1, 0.15) is 60.7 Å². The topological polar surface area (TPSA) is 24.3 Å². The van der Waals surface area contributed by atoms with Crippen molar-refractivity contribution in [1.82, 2.24) is 14.5 Å². The van der Waals surface area contributed by atoms with Crippen LogP contribution in [0.15, 0.2) is 12.1 Å². The molecule has 2 aliphatic heterocycles. The van der Waals surface area contributed by atoms with Gasteiger partial charge in [0.25, 0.3) is 0 Å². The van der Waals surface area contributed by atoms with Crippen molar-refractivity contribution < 1.29 is 13.2 Å². The van der Waals surface area contributed by atoms with Gasteiger partial charge >= 0.3 is 6.18 Å². The molecule has 7 heteroatoms. The molecule has 1 fully saturated rings. The molecule has 0 aliphatic carbocycles. The molecular formula is C23H31F3N4. The number of anilines is 2. The van der Waals surface area contributed by atoms with E-state index in [4.69, 9.17) is 0 Å². The number of aryl methyl sites for hydroxylation is 3. The molecule has 3 heterocycles. The molecule has 2 aromatic rings. The van der Waals surface area contributed by atoms with E-state index in [0.29, 0.717) is 37.3 Å². The maximum Gasteiger partial charge on any atom is 0.435 e. The number of alkyl halides is 3. The second-order valence-corrected chi connectivity index (χ2v) is 8.92. The fraction of sp³-hybridized carbons (Fsp3) is 0.609. The molecule has 4 rings (SSSR count). The van der Waals surface area contributed by atoms with Crippen molar-refractivity contribution in [2.75, 3.05) is 18.0 Å². The summed E-state index contributed by atoms with van der Waals surface area (Å²) in [7, 11) is 0.